The lowest BCUT2D eigenvalue weighted by molar-refractivity contribution is -0.125. The summed E-state index contributed by atoms with van der Waals surface area (Å²) in [5, 5.41) is 3.11. The first-order valence-electron chi connectivity index (χ1n) is 8.53. The van der Waals surface area contributed by atoms with E-state index in [1.54, 1.807) is 24.3 Å². The Morgan fingerprint density at radius 3 is 2.54 bits per heavy atom. The molecular weight excluding hydrogens is 392 g/mol. The highest BCUT2D eigenvalue weighted by molar-refractivity contribution is 9.10. The molecule has 1 atom stereocenters. The van der Waals surface area contributed by atoms with Crippen molar-refractivity contribution in [3.05, 3.63) is 28.7 Å². The summed E-state index contributed by atoms with van der Waals surface area (Å²) >= 11 is 3.30. The Bertz CT molecular complexity index is 702. The summed E-state index contributed by atoms with van der Waals surface area (Å²) in [7, 11) is -3.56. The molecule has 1 saturated heterocycles. The van der Waals surface area contributed by atoms with Gasteiger partial charge in [0, 0.05) is 23.6 Å². The van der Waals surface area contributed by atoms with Crippen molar-refractivity contribution in [3.63, 3.8) is 0 Å². The Balaban J connectivity index is 1.64. The molecule has 3 rings (SSSR count). The largest absolute Gasteiger partial charge is 0.353 e. The lowest BCUT2D eigenvalue weighted by atomic mass is 9.95. The van der Waals surface area contributed by atoms with E-state index in [1.165, 1.54) is 10.7 Å². The van der Waals surface area contributed by atoms with E-state index in [1.807, 2.05) is 0 Å². The van der Waals surface area contributed by atoms with Crippen LogP contribution in [-0.4, -0.2) is 37.8 Å². The smallest absolute Gasteiger partial charge is 0.244 e. The Hall–Kier alpha value is -0.920. The van der Waals surface area contributed by atoms with Crippen LogP contribution in [0.4, 0.5) is 0 Å². The van der Waals surface area contributed by atoms with E-state index in [4.69, 9.17) is 0 Å². The summed E-state index contributed by atoms with van der Waals surface area (Å²) in [4.78, 5) is 12.7. The Kier molecular flexibility index (Phi) is 5.62. The average molecular weight is 415 g/mol. The number of nitrogens with zero attached hydrogens (tertiary/aromatic N) is 1. The third-order valence-electron chi connectivity index (χ3n) is 4.93. The summed E-state index contributed by atoms with van der Waals surface area (Å²) in [6, 6.07) is 7.07. The van der Waals surface area contributed by atoms with Gasteiger partial charge in [0.2, 0.25) is 15.9 Å². The molecule has 132 valence electrons. The topological polar surface area (TPSA) is 66.5 Å². The number of hydrogen-bond acceptors (Lipinski definition) is 3. The second-order valence-corrected chi connectivity index (χ2v) is 9.38. The fraction of sp³-hybridized carbons (Fsp3) is 0.588. The zero-order chi connectivity index (χ0) is 17.2. The second-order valence-electron chi connectivity index (χ2n) is 6.62. The molecule has 1 aromatic rings. The molecule has 1 aliphatic heterocycles. The summed E-state index contributed by atoms with van der Waals surface area (Å²) in [6.07, 6.45) is 6.24. The van der Waals surface area contributed by atoms with Gasteiger partial charge in [-0.2, -0.15) is 4.31 Å². The fourth-order valence-electron chi connectivity index (χ4n) is 3.52. The number of amides is 1. The van der Waals surface area contributed by atoms with Crippen LogP contribution in [0.5, 0.6) is 0 Å². The van der Waals surface area contributed by atoms with E-state index < -0.39 is 10.0 Å². The van der Waals surface area contributed by atoms with Gasteiger partial charge in [-0.05, 0) is 47.3 Å². The molecule has 1 unspecified atom stereocenters. The van der Waals surface area contributed by atoms with Crippen LogP contribution in [0.2, 0.25) is 0 Å². The van der Waals surface area contributed by atoms with Crippen molar-refractivity contribution in [1.82, 2.24) is 9.62 Å². The molecule has 7 heteroatoms. The first-order chi connectivity index (χ1) is 11.5. The Morgan fingerprint density at radius 1 is 1.12 bits per heavy atom. The zero-order valence-corrected chi connectivity index (χ0v) is 16.0. The molecular formula is C17H23BrN2O3S. The van der Waals surface area contributed by atoms with Crippen molar-refractivity contribution >= 4 is 31.9 Å². The number of sulfonamides is 1. The number of nitrogens with one attached hydrogen (secondary N) is 1. The lowest BCUT2D eigenvalue weighted by Crippen LogP contribution is -2.41. The monoisotopic (exact) mass is 414 g/mol. The number of hydrogen-bond donors (Lipinski definition) is 1. The minimum atomic E-state index is -3.56. The van der Waals surface area contributed by atoms with Crippen LogP contribution in [0.1, 0.15) is 38.5 Å². The highest BCUT2D eigenvalue weighted by atomic mass is 79.9. The van der Waals surface area contributed by atoms with Crippen molar-refractivity contribution < 1.29 is 13.2 Å². The van der Waals surface area contributed by atoms with Crippen LogP contribution in [0.25, 0.3) is 0 Å². The van der Waals surface area contributed by atoms with Crippen molar-refractivity contribution in [2.24, 2.45) is 5.92 Å². The summed E-state index contributed by atoms with van der Waals surface area (Å²) < 4.78 is 27.5. The number of carbonyl (C=O) groups excluding carboxylic acids is 1. The third-order valence-corrected chi connectivity index (χ3v) is 7.81. The highest BCUT2D eigenvalue weighted by Crippen LogP contribution is 2.29. The van der Waals surface area contributed by atoms with Crippen LogP contribution in [0, 0.1) is 5.92 Å². The third kappa shape index (κ3) is 3.83. The quantitative estimate of drug-likeness (QED) is 0.823. The van der Waals surface area contributed by atoms with Gasteiger partial charge in [-0.1, -0.05) is 31.4 Å². The van der Waals surface area contributed by atoms with Crippen molar-refractivity contribution in [2.75, 3.05) is 13.1 Å². The molecule has 0 bridgehead atoms. The van der Waals surface area contributed by atoms with E-state index in [-0.39, 0.29) is 29.3 Å². The number of halogens is 1. The second kappa shape index (κ2) is 7.54. The molecule has 24 heavy (non-hydrogen) atoms. The molecule has 2 aliphatic rings. The van der Waals surface area contributed by atoms with Crippen molar-refractivity contribution in [2.45, 2.75) is 49.5 Å². The zero-order valence-electron chi connectivity index (χ0n) is 13.6. The van der Waals surface area contributed by atoms with Gasteiger partial charge in [0.15, 0.2) is 0 Å². The molecule has 1 saturated carbocycles. The predicted molar refractivity (Wildman–Crippen MR) is 96.0 cm³/mol. The number of carbonyl (C=O) groups is 1. The van der Waals surface area contributed by atoms with Gasteiger partial charge in [-0.25, -0.2) is 8.42 Å². The van der Waals surface area contributed by atoms with Gasteiger partial charge in [0.05, 0.1) is 10.8 Å². The van der Waals surface area contributed by atoms with Gasteiger partial charge in [0.25, 0.3) is 0 Å². The van der Waals surface area contributed by atoms with Crippen LogP contribution in [0.15, 0.2) is 33.6 Å². The molecule has 0 spiro atoms. The molecule has 2 fully saturated rings. The molecule has 1 aliphatic carbocycles. The first-order valence-corrected chi connectivity index (χ1v) is 10.8. The maximum absolute atomic E-state index is 12.8. The molecule has 1 aromatic carbocycles. The number of benzene rings is 1. The minimum Gasteiger partial charge on any atom is -0.353 e. The predicted octanol–water partition coefficient (Wildman–Crippen LogP) is 2.91. The normalized spacial score (nSPS) is 23.3. The SMILES string of the molecule is O=C(NC1CCCCC1)C1CCN(S(=O)(=O)c2ccccc2Br)C1. The van der Waals surface area contributed by atoms with Crippen molar-refractivity contribution in [3.8, 4) is 0 Å². The van der Waals surface area contributed by atoms with Gasteiger partial charge in [0.1, 0.15) is 0 Å². The van der Waals surface area contributed by atoms with E-state index in [9.17, 15) is 13.2 Å². The molecule has 1 heterocycles. The van der Waals surface area contributed by atoms with Crippen LogP contribution >= 0.6 is 15.9 Å². The van der Waals surface area contributed by atoms with Crippen molar-refractivity contribution in [1.29, 1.82) is 0 Å². The van der Waals surface area contributed by atoms with E-state index in [0.29, 0.717) is 17.4 Å². The van der Waals surface area contributed by atoms with Crippen LogP contribution in [-0.2, 0) is 14.8 Å². The van der Waals surface area contributed by atoms with Gasteiger partial charge in [-0.15, -0.1) is 0 Å². The standard InChI is InChI=1S/C17H23BrN2O3S/c18-15-8-4-5-9-16(15)24(22,23)20-11-10-13(12-20)17(21)19-14-6-2-1-3-7-14/h4-5,8-9,13-14H,1-3,6-7,10-12H2,(H,19,21). The van der Waals surface area contributed by atoms with Gasteiger partial charge in [-0.3, -0.25) is 4.79 Å². The maximum atomic E-state index is 12.8. The molecule has 0 aromatic heterocycles. The Morgan fingerprint density at radius 2 is 1.83 bits per heavy atom. The highest BCUT2D eigenvalue weighted by Gasteiger charge is 2.37. The van der Waals surface area contributed by atoms with E-state index in [2.05, 4.69) is 21.2 Å². The molecule has 1 N–H and O–H groups in total. The van der Waals surface area contributed by atoms with E-state index >= 15 is 0 Å². The van der Waals surface area contributed by atoms with E-state index in [0.717, 1.165) is 25.7 Å². The molecule has 1 amide bonds. The molecule has 0 radical (unpaired) electrons. The fourth-order valence-corrected chi connectivity index (χ4v) is 5.98. The summed E-state index contributed by atoms with van der Waals surface area (Å²) in [5.41, 5.74) is 0. The van der Waals surface area contributed by atoms with Gasteiger partial charge >= 0.3 is 0 Å². The Labute approximate surface area is 152 Å². The minimum absolute atomic E-state index is 0.00623. The average Bonchev–Trinajstić information content (AvgIpc) is 3.07. The van der Waals surface area contributed by atoms with Crippen LogP contribution in [0.3, 0.4) is 0 Å². The molecule has 5 nitrogen and oxygen atoms in total. The first kappa shape index (κ1) is 17.9. The van der Waals surface area contributed by atoms with Crippen LogP contribution < -0.4 is 5.32 Å². The summed E-state index contributed by atoms with van der Waals surface area (Å²) in [6.45, 7) is 0.661. The summed E-state index contributed by atoms with van der Waals surface area (Å²) in [5.74, 6) is -0.240. The lowest BCUT2D eigenvalue weighted by Gasteiger charge is -2.24. The number of rotatable bonds is 4. The maximum Gasteiger partial charge on any atom is 0.244 e. The van der Waals surface area contributed by atoms with Gasteiger partial charge < -0.3 is 5.32 Å².